The summed E-state index contributed by atoms with van der Waals surface area (Å²) in [5.74, 6) is 1.26. The van der Waals surface area contributed by atoms with Gasteiger partial charge in [-0.05, 0) is 47.5 Å². The number of nitrogens with zero attached hydrogens (tertiary/aromatic N) is 4. The average Bonchev–Trinajstić information content (AvgIpc) is 3.10. The van der Waals surface area contributed by atoms with Gasteiger partial charge in [-0.25, -0.2) is 0 Å². The highest BCUT2D eigenvalue weighted by molar-refractivity contribution is 9.10. The van der Waals surface area contributed by atoms with Crippen molar-refractivity contribution < 1.29 is 9.84 Å². The molecule has 26 heavy (non-hydrogen) atoms. The second-order valence-electron chi connectivity index (χ2n) is 5.74. The van der Waals surface area contributed by atoms with Crippen molar-refractivity contribution in [1.82, 2.24) is 20.2 Å². The van der Waals surface area contributed by atoms with Crippen LogP contribution in [0.3, 0.4) is 0 Å². The number of rotatable bonds is 8. The highest BCUT2D eigenvalue weighted by atomic mass is 79.9. The van der Waals surface area contributed by atoms with E-state index in [4.69, 9.17) is 4.74 Å². The molecule has 0 saturated carbocycles. The molecule has 0 fully saturated rings. The van der Waals surface area contributed by atoms with Gasteiger partial charge in [0.2, 0.25) is 5.82 Å². The Morgan fingerprint density at radius 3 is 2.73 bits per heavy atom. The first-order chi connectivity index (χ1) is 12.7. The van der Waals surface area contributed by atoms with Crippen molar-refractivity contribution in [3.8, 4) is 17.1 Å². The van der Waals surface area contributed by atoms with Gasteiger partial charge in [-0.1, -0.05) is 40.2 Å². The van der Waals surface area contributed by atoms with E-state index in [2.05, 4.69) is 37.9 Å². The van der Waals surface area contributed by atoms with Crippen LogP contribution in [-0.2, 0) is 13.0 Å². The van der Waals surface area contributed by atoms with E-state index in [1.807, 2.05) is 54.6 Å². The van der Waals surface area contributed by atoms with E-state index in [0.29, 0.717) is 12.2 Å². The van der Waals surface area contributed by atoms with E-state index in [1.54, 1.807) is 0 Å². The van der Waals surface area contributed by atoms with Crippen LogP contribution in [0.15, 0.2) is 65.7 Å². The van der Waals surface area contributed by atoms with Crippen LogP contribution in [-0.4, -0.2) is 38.0 Å². The molecule has 3 rings (SSSR count). The van der Waals surface area contributed by atoms with Crippen LogP contribution >= 0.6 is 15.9 Å². The monoisotopic (exact) mass is 414 g/mol. The fourth-order valence-electron chi connectivity index (χ4n) is 2.43. The summed E-state index contributed by atoms with van der Waals surface area (Å²) in [7, 11) is 0. The Kier molecular flexibility index (Phi) is 6.14. The number of hydrogen-bond acceptors (Lipinski definition) is 5. The number of halogens is 1. The third-order valence-corrected chi connectivity index (χ3v) is 4.23. The predicted molar refractivity (Wildman–Crippen MR) is 103 cm³/mol. The lowest BCUT2D eigenvalue weighted by Gasteiger charge is -2.13. The Bertz CT molecular complexity index is 864. The van der Waals surface area contributed by atoms with Crippen molar-refractivity contribution in [1.29, 1.82) is 0 Å². The van der Waals surface area contributed by atoms with Crippen molar-refractivity contribution in [2.45, 2.75) is 19.1 Å². The minimum Gasteiger partial charge on any atom is -0.491 e. The molecule has 0 spiro atoms. The molecule has 1 N–H and O–H groups in total. The van der Waals surface area contributed by atoms with Gasteiger partial charge in [0.05, 0.1) is 6.54 Å². The zero-order valence-corrected chi connectivity index (χ0v) is 15.7. The van der Waals surface area contributed by atoms with Gasteiger partial charge in [-0.15, -0.1) is 16.8 Å². The van der Waals surface area contributed by atoms with Crippen molar-refractivity contribution in [2.24, 2.45) is 0 Å². The number of tetrazole rings is 1. The molecule has 0 aliphatic carbocycles. The smallest absolute Gasteiger partial charge is 0.204 e. The highest BCUT2D eigenvalue weighted by Crippen LogP contribution is 2.19. The maximum atomic E-state index is 10.2. The first-order valence-electron chi connectivity index (χ1n) is 8.19. The van der Waals surface area contributed by atoms with Crippen LogP contribution in [0.5, 0.6) is 5.75 Å². The molecule has 1 heterocycles. The van der Waals surface area contributed by atoms with Crippen LogP contribution in [0.25, 0.3) is 11.4 Å². The molecule has 0 aliphatic heterocycles. The first-order valence-corrected chi connectivity index (χ1v) is 8.98. The zero-order valence-electron chi connectivity index (χ0n) is 14.1. The molecule has 134 valence electrons. The van der Waals surface area contributed by atoms with E-state index >= 15 is 0 Å². The molecule has 0 amide bonds. The highest BCUT2D eigenvalue weighted by Gasteiger charge is 2.12. The number of aliphatic hydroxyl groups excluding tert-OH is 1. The van der Waals surface area contributed by atoms with Crippen LogP contribution in [0.4, 0.5) is 0 Å². The van der Waals surface area contributed by atoms with E-state index in [9.17, 15) is 5.11 Å². The second-order valence-corrected chi connectivity index (χ2v) is 6.66. The molecule has 3 aromatic rings. The molecule has 1 aromatic heterocycles. The summed E-state index contributed by atoms with van der Waals surface area (Å²) in [6.07, 6.45) is 1.79. The number of allylic oxidation sites excluding steroid dienone is 1. The molecule has 2 aromatic carbocycles. The van der Waals surface area contributed by atoms with Crippen LogP contribution < -0.4 is 4.74 Å². The van der Waals surface area contributed by atoms with Gasteiger partial charge >= 0.3 is 0 Å². The molecule has 0 saturated heterocycles. The van der Waals surface area contributed by atoms with Crippen molar-refractivity contribution in [3.63, 3.8) is 0 Å². The van der Waals surface area contributed by atoms with Gasteiger partial charge in [0.25, 0.3) is 0 Å². The van der Waals surface area contributed by atoms with Crippen molar-refractivity contribution >= 4 is 15.9 Å². The second kappa shape index (κ2) is 8.73. The Morgan fingerprint density at radius 2 is 1.96 bits per heavy atom. The van der Waals surface area contributed by atoms with Gasteiger partial charge in [-0.3, -0.25) is 0 Å². The average molecular weight is 415 g/mol. The lowest BCUT2D eigenvalue weighted by atomic mass is 10.1. The Hall–Kier alpha value is -2.51. The van der Waals surface area contributed by atoms with Crippen LogP contribution in [0, 0.1) is 0 Å². The summed E-state index contributed by atoms with van der Waals surface area (Å²) in [6, 6.07) is 15.3. The zero-order chi connectivity index (χ0) is 18.4. The maximum absolute atomic E-state index is 10.2. The minimum atomic E-state index is -0.751. The number of benzene rings is 2. The lowest BCUT2D eigenvalue weighted by Crippen LogP contribution is -2.25. The molecule has 0 radical (unpaired) electrons. The molecule has 1 unspecified atom stereocenters. The molecule has 7 heteroatoms. The summed E-state index contributed by atoms with van der Waals surface area (Å²) in [4.78, 5) is 1.38. The third-order valence-electron chi connectivity index (χ3n) is 3.70. The molecular formula is C19H19BrN4O2. The van der Waals surface area contributed by atoms with Crippen molar-refractivity contribution in [3.05, 3.63) is 71.2 Å². The van der Waals surface area contributed by atoms with Gasteiger partial charge < -0.3 is 9.84 Å². The topological polar surface area (TPSA) is 73.1 Å². The summed E-state index contributed by atoms with van der Waals surface area (Å²) in [5.41, 5.74) is 1.90. The summed E-state index contributed by atoms with van der Waals surface area (Å²) in [5, 5.41) is 22.5. The lowest BCUT2D eigenvalue weighted by molar-refractivity contribution is 0.0846. The van der Waals surface area contributed by atoms with Gasteiger partial charge in [0, 0.05) is 10.0 Å². The quantitative estimate of drug-likeness (QED) is 0.572. The Balaban J connectivity index is 1.58. The standard InChI is InChI=1S/C19H19BrN4O2/c1-2-5-14-6-3-4-7-18(14)26-13-17(25)12-24-22-19(21-23-24)15-8-10-16(20)11-9-15/h2-4,6-11,17,25H,1,5,12-13H2. The summed E-state index contributed by atoms with van der Waals surface area (Å²) < 4.78 is 6.72. The summed E-state index contributed by atoms with van der Waals surface area (Å²) in [6.45, 7) is 4.09. The van der Waals surface area contributed by atoms with Crippen molar-refractivity contribution in [2.75, 3.05) is 6.61 Å². The molecule has 0 bridgehead atoms. The Morgan fingerprint density at radius 1 is 1.19 bits per heavy atom. The molecule has 1 atom stereocenters. The van der Waals surface area contributed by atoms with E-state index in [-0.39, 0.29) is 13.2 Å². The first kappa shape index (κ1) is 18.3. The Labute approximate surface area is 160 Å². The number of ether oxygens (including phenoxy) is 1. The number of hydrogen-bond donors (Lipinski definition) is 1. The molecule has 6 nitrogen and oxygen atoms in total. The van der Waals surface area contributed by atoms with Gasteiger partial charge in [-0.2, -0.15) is 4.80 Å². The number of aliphatic hydroxyl groups is 1. The predicted octanol–water partition coefficient (Wildman–Crippen LogP) is 3.27. The molecular weight excluding hydrogens is 396 g/mol. The fraction of sp³-hybridized carbons (Fsp3) is 0.211. The van der Waals surface area contributed by atoms with Gasteiger partial charge in [0.15, 0.2) is 0 Å². The van der Waals surface area contributed by atoms with Crippen LogP contribution in [0.1, 0.15) is 5.56 Å². The number of aromatic nitrogens is 4. The van der Waals surface area contributed by atoms with E-state index in [1.165, 1.54) is 4.80 Å². The summed E-state index contributed by atoms with van der Waals surface area (Å²) >= 11 is 3.39. The van der Waals surface area contributed by atoms with E-state index in [0.717, 1.165) is 21.3 Å². The maximum Gasteiger partial charge on any atom is 0.204 e. The SMILES string of the molecule is C=CCc1ccccc1OCC(O)Cn1nnc(-c2ccc(Br)cc2)n1. The fourth-order valence-corrected chi connectivity index (χ4v) is 2.70. The van der Waals surface area contributed by atoms with E-state index < -0.39 is 6.10 Å². The molecule has 0 aliphatic rings. The normalized spacial score (nSPS) is 11.9. The number of para-hydroxylation sites is 1. The largest absolute Gasteiger partial charge is 0.491 e. The van der Waals surface area contributed by atoms with Crippen LogP contribution in [0.2, 0.25) is 0 Å². The third kappa shape index (κ3) is 4.77. The minimum absolute atomic E-state index is 0.142. The van der Waals surface area contributed by atoms with Gasteiger partial charge in [0.1, 0.15) is 18.5 Å².